The number of unbranched alkanes of at least 4 members (excludes halogenated alkanes) is 18. The lowest BCUT2D eigenvalue weighted by Gasteiger charge is -2.03. The molecule has 0 atom stereocenters. The van der Waals surface area contributed by atoms with Gasteiger partial charge in [0.2, 0.25) is 0 Å². The Bertz CT molecular complexity index is 667. The summed E-state index contributed by atoms with van der Waals surface area (Å²) in [6.07, 6.45) is 29.0. The van der Waals surface area contributed by atoms with E-state index in [0.29, 0.717) is 0 Å². The molecule has 190 valence electrons. The van der Waals surface area contributed by atoms with E-state index in [4.69, 9.17) is 0 Å². The van der Waals surface area contributed by atoms with E-state index in [1.165, 1.54) is 144 Å². The zero-order chi connectivity index (χ0) is 24.1. The smallest absolute Gasteiger partial charge is 0.00135 e. The second kappa shape index (κ2) is 19.7. The molecule has 1 aliphatic rings. The van der Waals surface area contributed by atoms with Gasteiger partial charge in [-0.2, -0.15) is 0 Å². The SMILES string of the molecule is CCCCCCCCCCCCCCCCCCCCC.c1ccc2c(c1)Cc1ccccc1-2. The van der Waals surface area contributed by atoms with Gasteiger partial charge in [-0.1, -0.05) is 184 Å². The highest BCUT2D eigenvalue weighted by atomic mass is 14.2. The molecule has 0 bridgehead atoms. The van der Waals surface area contributed by atoms with E-state index in [1.54, 1.807) is 0 Å². The average molecular weight is 463 g/mol. The third kappa shape index (κ3) is 12.2. The highest BCUT2D eigenvalue weighted by Gasteiger charge is 2.15. The quantitative estimate of drug-likeness (QED) is 0.165. The van der Waals surface area contributed by atoms with Gasteiger partial charge < -0.3 is 0 Å². The molecule has 3 rings (SSSR count). The van der Waals surface area contributed by atoms with Crippen molar-refractivity contribution >= 4 is 0 Å². The molecule has 2 aromatic carbocycles. The summed E-state index contributed by atoms with van der Waals surface area (Å²) in [5.41, 5.74) is 5.75. The molecule has 0 amide bonds. The van der Waals surface area contributed by atoms with Crippen molar-refractivity contribution < 1.29 is 0 Å². The number of benzene rings is 2. The van der Waals surface area contributed by atoms with E-state index in [0.717, 1.165) is 6.42 Å². The molecule has 0 aliphatic heterocycles. The Morgan fingerprint density at radius 3 is 0.941 bits per heavy atom. The third-order valence-corrected chi connectivity index (χ3v) is 7.41. The summed E-state index contributed by atoms with van der Waals surface area (Å²) in [5.74, 6) is 0. The number of hydrogen-bond acceptors (Lipinski definition) is 0. The van der Waals surface area contributed by atoms with Crippen LogP contribution in [0.25, 0.3) is 11.1 Å². The van der Waals surface area contributed by atoms with E-state index in [1.807, 2.05) is 0 Å². The Morgan fingerprint density at radius 2 is 0.647 bits per heavy atom. The minimum Gasteiger partial charge on any atom is -0.0654 e. The van der Waals surface area contributed by atoms with Gasteiger partial charge in [0.25, 0.3) is 0 Å². The molecule has 0 fully saturated rings. The Morgan fingerprint density at radius 1 is 0.382 bits per heavy atom. The van der Waals surface area contributed by atoms with Crippen LogP contribution in [0, 0.1) is 0 Å². The monoisotopic (exact) mass is 462 g/mol. The van der Waals surface area contributed by atoms with Crippen molar-refractivity contribution in [1.29, 1.82) is 0 Å². The lowest BCUT2D eigenvalue weighted by molar-refractivity contribution is 0.524. The number of fused-ring (bicyclic) bond motifs is 3. The maximum atomic E-state index is 2.30. The normalized spacial score (nSPS) is 11.6. The van der Waals surface area contributed by atoms with Crippen molar-refractivity contribution in [1.82, 2.24) is 0 Å². The van der Waals surface area contributed by atoms with Crippen LogP contribution in [0.5, 0.6) is 0 Å². The van der Waals surface area contributed by atoms with E-state index in [2.05, 4.69) is 62.4 Å². The third-order valence-electron chi connectivity index (χ3n) is 7.41. The summed E-state index contributed by atoms with van der Waals surface area (Å²) in [5, 5.41) is 0. The van der Waals surface area contributed by atoms with Gasteiger partial charge in [0.05, 0.1) is 0 Å². The Hall–Kier alpha value is -1.56. The first-order valence-corrected chi connectivity index (χ1v) is 15.0. The van der Waals surface area contributed by atoms with Gasteiger partial charge in [0, 0.05) is 0 Å². The van der Waals surface area contributed by atoms with Crippen molar-refractivity contribution in [2.75, 3.05) is 0 Å². The summed E-state index contributed by atoms with van der Waals surface area (Å²) >= 11 is 0. The Labute approximate surface area is 213 Å². The van der Waals surface area contributed by atoms with E-state index >= 15 is 0 Å². The zero-order valence-electron chi connectivity index (χ0n) is 22.8. The van der Waals surface area contributed by atoms with E-state index in [-0.39, 0.29) is 0 Å². The molecule has 0 heteroatoms. The highest BCUT2D eigenvalue weighted by Crippen LogP contribution is 2.35. The summed E-state index contributed by atoms with van der Waals surface area (Å²) in [6.45, 7) is 4.60. The molecule has 2 aromatic rings. The van der Waals surface area contributed by atoms with Crippen LogP contribution in [-0.2, 0) is 6.42 Å². The second-order valence-corrected chi connectivity index (χ2v) is 10.5. The van der Waals surface area contributed by atoms with Gasteiger partial charge in [-0.15, -0.1) is 0 Å². The molecule has 0 heterocycles. The fourth-order valence-corrected chi connectivity index (χ4v) is 5.23. The van der Waals surface area contributed by atoms with Crippen LogP contribution in [0.2, 0.25) is 0 Å². The maximum Gasteiger partial charge on any atom is -0.00135 e. The molecular weight excluding hydrogens is 408 g/mol. The summed E-state index contributed by atoms with van der Waals surface area (Å²) < 4.78 is 0. The van der Waals surface area contributed by atoms with Gasteiger partial charge >= 0.3 is 0 Å². The number of hydrogen-bond donors (Lipinski definition) is 0. The van der Waals surface area contributed by atoms with Crippen LogP contribution in [0.15, 0.2) is 48.5 Å². The van der Waals surface area contributed by atoms with Crippen molar-refractivity contribution in [2.24, 2.45) is 0 Å². The van der Waals surface area contributed by atoms with Crippen LogP contribution in [0.1, 0.15) is 147 Å². The van der Waals surface area contributed by atoms with Gasteiger partial charge in [0.15, 0.2) is 0 Å². The van der Waals surface area contributed by atoms with Crippen LogP contribution >= 0.6 is 0 Å². The Balaban J connectivity index is 0.000000263. The van der Waals surface area contributed by atoms with Gasteiger partial charge in [0.1, 0.15) is 0 Å². The van der Waals surface area contributed by atoms with Crippen LogP contribution in [0.4, 0.5) is 0 Å². The summed E-state index contributed by atoms with van der Waals surface area (Å²) in [6, 6.07) is 17.3. The Kier molecular flexibility index (Phi) is 16.6. The van der Waals surface area contributed by atoms with Crippen LogP contribution in [-0.4, -0.2) is 0 Å². The van der Waals surface area contributed by atoms with Crippen molar-refractivity contribution in [2.45, 2.75) is 142 Å². The number of rotatable bonds is 18. The predicted octanol–water partition coefficient (Wildman–Crippen LogP) is 11.7. The predicted molar refractivity (Wildman–Crippen MR) is 154 cm³/mol. The second-order valence-electron chi connectivity index (χ2n) is 10.5. The first-order chi connectivity index (χ1) is 16.9. The standard InChI is InChI=1S/C21H44.C13H10/c1-3-5-7-9-11-13-15-17-19-21-20-18-16-14-12-10-8-6-4-2;1-3-7-12-10(5-1)9-11-6-2-4-8-13(11)12/h3-21H2,1-2H3;1-8H,9H2. The molecule has 34 heavy (non-hydrogen) atoms. The molecule has 1 aliphatic carbocycles. The first kappa shape index (κ1) is 28.7. The molecule has 0 unspecified atom stereocenters. The fraction of sp³-hybridized carbons (Fsp3) is 0.647. The average Bonchev–Trinajstić information content (AvgIpc) is 3.25. The first-order valence-electron chi connectivity index (χ1n) is 15.0. The van der Waals surface area contributed by atoms with Crippen molar-refractivity contribution in [3.8, 4) is 11.1 Å². The molecule has 0 radical (unpaired) electrons. The fourth-order valence-electron chi connectivity index (χ4n) is 5.23. The molecule has 0 nitrogen and oxygen atoms in total. The largest absolute Gasteiger partial charge is 0.0654 e. The van der Waals surface area contributed by atoms with Crippen LogP contribution < -0.4 is 0 Å². The van der Waals surface area contributed by atoms with Gasteiger partial charge in [-0.05, 0) is 28.7 Å². The summed E-state index contributed by atoms with van der Waals surface area (Å²) in [4.78, 5) is 0. The van der Waals surface area contributed by atoms with Crippen molar-refractivity contribution in [3.05, 3.63) is 59.7 Å². The van der Waals surface area contributed by atoms with Gasteiger partial charge in [-0.3, -0.25) is 0 Å². The van der Waals surface area contributed by atoms with Gasteiger partial charge in [-0.25, -0.2) is 0 Å². The minimum absolute atomic E-state index is 1.10. The minimum atomic E-state index is 1.10. The topological polar surface area (TPSA) is 0 Å². The maximum absolute atomic E-state index is 2.30. The molecule has 0 spiro atoms. The molecule has 0 aromatic heterocycles. The van der Waals surface area contributed by atoms with E-state index in [9.17, 15) is 0 Å². The lowest BCUT2D eigenvalue weighted by atomic mass is 10.0. The molecule has 0 saturated carbocycles. The lowest BCUT2D eigenvalue weighted by Crippen LogP contribution is -1.83. The molecule has 0 N–H and O–H groups in total. The summed E-state index contributed by atoms with van der Waals surface area (Å²) in [7, 11) is 0. The molecule has 0 saturated heterocycles. The molecular formula is C34H54. The van der Waals surface area contributed by atoms with Crippen LogP contribution in [0.3, 0.4) is 0 Å². The highest BCUT2D eigenvalue weighted by molar-refractivity contribution is 5.76. The van der Waals surface area contributed by atoms with E-state index < -0.39 is 0 Å². The zero-order valence-corrected chi connectivity index (χ0v) is 22.8. The van der Waals surface area contributed by atoms with Crippen molar-refractivity contribution in [3.63, 3.8) is 0 Å².